The lowest BCUT2D eigenvalue weighted by atomic mass is 9.82. The second-order valence-corrected chi connectivity index (χ2v) is 8.43. The van der Waals surface area contributed by atoms with Crippen LogP contribution in [0.4, 0.5) is 0 Å². The van der Waals surface area contributed by atoms with Gasteiger partial charge in [0.05, 0.1) is 11.2 Å². The van der Waals surface area contributed by atoms with Gasteiger partial charge in [0, 0.05) is 15.7 Å². The van der Waals surface area contributed by atoms with Crippen LogP contribution < -0.4 is 0 Å². The van der Waals surface area contributed by atoms with Crippen molar-refractivity contribution in [1.82, 2.24) is 9.88 Å². The number of benzene rings is 1. The van der Waals surface area contributed by atoms with Crippen LogP contribution in [0.1, 0.15) is 48.6 Å². The van der Waals surface area contributed by atoms with Crippen LogP contribution in [0.3, 0.4) is 0 Å². The van der Waals surface area contributed by atoms with Gasteiger partial charge in [-0.05, 0) is 96.5 Å². The van der Waals surface area contributed by atoms with E-state index in [1.807, 2.05) is 12.3 Å². The molecule has 0 spiro atoms. The Hall–Kier alpha value is -0.900. The normalized spacial score (nSPS) is 24.1. The summed E-state index contributed by atoms with van der Waals surface area (Å²) >= 11 is 9.91. The Morgan fingerprint density at radius 3 is 2.62 bits per heavy atom. The maximum absolute atomic E-state index is 6.31. The summed E-state index contributed by atoms with van der Waals surface area (Å²) in [5.74, 6) is 0. The van der Waals surface area contributed by atoms with Gasteiger partial charge in [-0.25, -0.2) is 0 Å². The first-order valence-electron chi connectivity index (χ1n) is 8.78. The molecular formula is C20H22BrClN2. The molecule has 0 radical (unpaired) electrons. The molecule has 126 valence electrons. The van der Waals surface area contributed by atoms with Crippen LogP contribution in [-0.2, 0) is 18.4 Å². The van der Waals surface area contributed by atoms with Crippen molar-refractivity contribution >= 4 is 27.5 Å². The molecule has 4 heteroatoms. The molecule has 1 aromatic carbocycles. The summed E-state index contributed by atoms with van der Waals surface area (Å²) in [5, 5.41) is 0.829. The lowest BCUT2D eigenvalue weighted by Crippen LogP contribution is -2.48. The number of fused-ring (bicyclic) bond motifs is 2. The molecule has 1 aliphatic heterocycles. The fourth-order valence-electron chi connectivity index (χ4n) is 4.41. The Morgan fingerprint density at radius 2 is 1.83 bits per heavy atom. The van der Waals surface area contributed by atoms with Gasteiger partial charge in [-0.2, -0.15) is 0 Å². The zero-order valence-electron chi connectivity index (χ0n) is 14.0. The molecule has 2 aliphatic rings. The van der Waals surface area contributed by atoms with Gasteiger partial charge in [0.2, 0.25) is 0 Å². The molecule has 1 aromatic heterocycles. The summed E-state index contributed by atoms with van der Waals surface area (Å²) in [4.78, 5) is 7.54. The van der Waals surface area contributed by atoms with Gasteiger partial charge in [0.1, 0.15) is 0 Å². The van der Waals surface area contributed by atoms with E-state index in [2.05, 4.69) is 46.0 Å². The summed E-state index contributed by atoms with van der Waals surface area (Å²) in [6.07, 6.45) is 7.85. The van der Waals surface area contributed by atoms with Crippen LogP contribution in [0.25, 0.3) is 0 Å². The molecule has 1 saturated heterocycles. The molecule has 24 heavy (non-hydrogen) atoms. The van der Waals surface area contributed by atoms with Crippen LogP contribution >= 0.6 is 27.5 Å². The summed E-state index contributed by atoms with van der Waals surface area (Å²) < 4.78 is 1.06. The second kappa shape index (κ2) is 6.44. The number of aryl methyl sites for hydroxylation is 2. The van der Waals surface area contributed by atoms with Crippen LogP contribution in [-0.4, -0.2) is 23.0 Å². The van der Waals surface area contributed by atoms with Gasteiger partial charge in [0.25, 0.3) is 0 Å². The Balaban J connectivity index is 1.94. The van der Waals surface area contributed by atoms with E-state index >= 15 is 0 Å². The van der Waals surface area contributed by atoms with E-state index in [1.54, 1.807) is 0 Å². The predicted octanol–water partition coefficient (Wildman–Crippen LogP) is 5.35. The highest BCUT2D eigenvalue weighted by atomic mass is 79.9. The van der Waals surface area contributed by atoms with Crippen LogP contribution in [0.2, 0.25) is 5.02 Å². The Labute approximate surface area is 157 Å². The van der Waals surface area contributed by atoms with E-state index in [9.17, 15) is 0 Å². The average molecular weight is 406 g/mol. The highest BCUT2D eigenvalue weighted by Crippen LogP contribution is 2.43. The van der Waals surface area contributed by atoms with Crippen molar-refractivity contribution in [2.45, 2.75) is 44.6 Å². The second-order valence-electron chi connectivity index (χ2n) is 7.08. The van der Waals surface area contributed by atoms with Gasteiger partial charge < -0.3 is 0 Å². The summed E-state index contributed by atoms with van der Waals surface area (Å²) in [6.45, 7) is 4.63. The van der Waals surface area contributed by atoms with Crippen molar-refractivity contribution < 1.29 is 0 Å². The number of halogens is 2. The number of piperidine rings is 1. The van der Waals surface area contributed by atoms with Crippen molar-refractivity contribution in [2.75, 3.05) is 13.1 Å². The molecule has 1 fully saturated rings. The number of hydrogen-bond acceptors (Lipinski definition) is 2. The van der Waals surface area contributed by atoms with Gasteiger partial charge in [-0.15, -0.1) is 0 Å². The molecule has 0 bridgehead atoms. The first-order chi connectivity index (χ1) is 11.6. The quantitative estimate of drug-likeness (QED) is 0.636. The molecule has 4 rings (SSSR count). The molecule has 0 N–H and O–H groups in total. The zero-order chi connectivity index (χ0) is 16.7. The third-order valence-electron chi connectivity index (χ3n) is 5.64. The van der Waals surface area contributed by atoms with E-state index in [1.165, 1.54) is 41.6 Å². The number of likely N-dealkylation sites (tertiary alicyclic amines) is 1. The van der Waals surface area contributed by atoms with E-state index in [0.29, 0.717) is 0 Å². The lowest BCUT2D eigenvalue weighted by Gasteiger charge is -2.44. The van der Waals surface area contributed by atoms with Crippen LogP contribution in [0.15, 0.2) is 34.9 Å². The molecule has 2 aromatic rings. The maximum atomic E-state index is 6.31. The summed E-state index contributed by atoms with van der Waals surface area (Å²) in [6, 6.07) is 8.66. The van der Waals surface area contributed by atoms with Gasteiger partial charge in [0.15, 0.2) is 0 Å². The van der Waals surface area contributed by atoms with E-state index < -0.39 is 0 Å². The van der Waals surface area contributed by atoms with E-state index in [-0.39, 0.29) is 5.54 Å². The minimum Gasteiger partial charge on any atom is -0.289 e. The van der Waals surface area contributed by atoms with E-state index in [4.69, 9.17) is 16.6 Å². The summed E-state index contributed by atoms with van der Waals surface area (Å²) in [5.41, 5.74) is 5.14. The van der Waals surface area contributed by atoms with Crippen molar-refractivity contribution in [3.8, 4) is 0 Å². The highest BCUT2D eigenvalue weighted by Gasteiger charge is 2.41. The smallest absolute Gasteiger partial charge is 0.0865 e. The summed E-state index contributed by atoms with van der Waals surface area (Å²) in [7, 11) is 0. The lowest BCUT2D eigenvalue weighted by molar-refractivity contribution is 0.107. The number of pyridine rings is 1. The van der Waals surface area contributed by atoms with Crippen molar-refractivity contribution in [3.63, 3.8) is 0 Å². The molecule has 1 aliphatic carbocycles. The molecular weight excluding hydrogens is 384 g/mol. The van der Waals surface area contributed by atoms with Gasteiger partial charge >= 0.3 is 0 Å². The van der Waals surface area contributed by atoms with E-state index in [0.717, 1.165) is 35.4 Å². The minimum absolute atomic E-state index is 0.174. The zero-order valence-corrected chi connectivity index (χ0v) is 16.3. The van der Waals surface area contributed by atoms with Crippen LogP contribution in [0.5, 0.6) is 0 Å². The SMILES string of the molecule is C[C@@]1(N2CCCCC2)c2ccc(Cl)cc2CCc2cc(Br)cnc21. The molecule has 0 unspecified atom stereocenters. The number of aromatic nitrogens is 1. The Kier molecular flexibility index (Phi) is 4.44. The highest BCUT2D eigenvalue weighted by molar-refractivity contribution is 9.10. The number of hydrogen-bond donors (Lipinski definition) is 0. The predicted molar refractivity (Wildman–Crippen MR) is 103 cm³/mol. The fraction of sp³-hybridized carbons (Fsp3) is 0.450. The molecule has 2 heterocycles. The van der Waals surface area contributed by atoms with Crippen molar-refractivity contribution in [2.24, 2.45) is 0 Å². The number of rotatable bonds is 1. The van der Waals surface area contributed by atoms with Gasteiger partial charge in [-0.3, -0.25) is 9.88 Å². The molecule has 0 amide bonds. The van der Waals surface area contributed by atoms with Crippen molar-refractivity contribution in [3.05, 3.63) is 62.3 Å². The maximum Gasteiger partial charge on any atom is 0.0865 e. The average Bonchev–Trinajstić information content (AvgIpc) is 2.71. The first kappa shape index (κ1) is 16.6. The standard InChI is InChI=1S/C20H22BrClN2/c1-20(24-9-3-2-4-10-24)18-8-7-17(22)12-14(18)5-6-15-11-16(21)13-23-19(15)20/h7-8,11-13H,2-6,9-10H2,1H3/t20-/m1/s1. The van der Waals surface area contributed by atoms with Crippen LogP contribution in [0, 0.1) is 0 Å². The molecule has 2 nitrogen and oxygen atoms in total. The first-order valence-corrected chi connectivity index (χ1v) is 9.95. The largest absolute Gasteiger partial charge is 0.289 e. The fourth-order valence-corrected chi connectivity index (χ4v) is 4.99. The third-order valence-corrected chi connectivity index (χ3v) is 6.31. The third kappa shape index (κ3) is 2.71. The molecule has 0 saturated carbocycles. The Morgan fingerprint density at radius 1 is 1.08 bits per heavy atom. The minimum atomic E-state index is -0.174. The monoisotopic (exact) mass is 404 g/mol. The number of nitrogens with zero attached hydrogens (tertiary/aromatic N) is 2. The van der Waals surface area contributed by atoms with Crippen molar-refractivity contribution in [1.29, 1.82) is 0 Å². The Bertz CT molecular complexity index is 715. The topological polar surface area (TPSA) is 16.1 Å². The molecule has 1 atom stereocenters. The van der Waals surface area contributed by atoms with Gasteiger partial charge in [-0.1, -0.05) is 24.1 Å².